The zero-order valence-electron chi connectivity index (χ0n) is 12.3. The normalized spacial score (nSPS) is 12.2. The number of rotatable bonds is 7. The predicted molar refractivity (Wildman–Crippen MR) is 81.8 cm³/mol. The minimum atomic E-state index is 0.597. The lowest BCUT2D eigenvalue weighted by Crippen LogP contribution is -2.19. The van der Waals surface area contributed by atoms with Crippen molar-refractivity contribution in [3.05, 3.63) is 41.0 Å². The highest BCUT2D eigenvalue weighted by molar-refractivity contribution is 5.54. The van der Waals surface area contributed by atoms with E-state index >= 15 is 0 Å². The molecule has 1 aromatic carbocycles. The monoisotopic (exact) mass is 245 g/mol. The molecule has 1 nitrogen and oxygen atoms in total. The SMILES string of the molecule is CCCNCC(=Cc1ccc(CC)cc1)C(C)C. The topological polar surface area (TPSA) is 12.0 Å². The van der Waals surface area contributed by atoms with Crippen molar-refractivity contribution in [2.24, 2.45) is 5.92 Å². The van der Waals surface area contributed by atoms with E-state index in [1.165, 1.54) is 23.1 Å². The van der Waals surface area contributed by atoms with Gasteiger partial charge >= 0.3 is 0 Å². The molecule has 0 radical (unpaired) electrons. The van der Waals surface area contributed by atoms with Crippen LogP contribution in [0.2, 0.25) is 0 Å². The number of nitrogens with one attached hydrogen (secondary N) is 1. The quantitative estimate of drug-likeness (QED) is 0.707. The van der Waals surface area contributed by atoms with Gasteiger partial charge in [-0.2, -0.15) is 0 Å². The van der Waals surface area contributed by atoms with Crippen LogP contribution in [0, 0.1) is 5.92 Å². The van der Waals surface area contributed by atoms with Crippen molar-refractivity contribution in [1.29, 1.82) is 0 Å². The Labute approximate surface area is 112 Å². The van der Waals surface area contributed by atoms with E-state index in [4.69, 9.17) is 0 Å². The molecule has 1 aromatic rings. The van der Waals surface area contributed by atoms with Gasteiger partial charge in [-0.25, -0.2) is 0 Å². The lowest BCUT2D eigenvalue weighted by Gasteiger charge is -2.12. The Kier molecular flexibility index (Phi) is 6.74. The van der Waals surface area contributed by atoms with Crippen molar-refractivity contribution in [3.63, 3.8) is 0 Å². The Morgan fingerprint density at radius 2 is 1.83 bits per heavy atom. The maximum atomic E-state index is 3.49. The maximum absolute atomic E-state index is 3.49. The predicted octanol–water partition coefficient (Wildman–Crippen LogP) is 4.29. The van der Waals surface area contributed by atoms with Crippen molar-refractivity contribution in [2.75, 3.05) is 13.1 Å². The standard InChI is InChI=1S/C17H27N/c1-5-11-18-13-17(14(3)4)12-16-9-7-15(6-2)8-10-16/h7-10,12,14,18H,5-6,11,13H2,1-4H3. The summed E-state index contributed by atoms with van der Waals surface area (Å²) in [5.41, 5.74) is 4.20. The molecule has 0 saturated carbocycles. The molecule has 1 heteroatoms. The van der Waals surface area contributed by atoms with E-state index in [1.807, 2.05) is 0 Å². The molecule has 0 unspecified atom stereocenters. The molecule has 0 aliphatic heterocycles. The van der Waals surface area contributed by atoms with Crippen LogP contribution < -0.4 is 5.32 Å². The molecule has 0 fully saturated rings. The van der Waals surface area contributed by atoms with E-state index in [2.05, 4.69) is 63.4 Å². The van der Waals surface area contributed by atoms with Gasteiger partial charge < -0.3 is 5.32 Å². The van der Waals surface area contributed by atoms with Crippen LogP contribution in [0.15, 0.2) is 29.8 Å². The van der Waals surface area contributed by atoms with Gasteiger partial charge in [0.25, 0.3) is 0 Å². The van der Waals surface area contributed by atoms with Crippen LogP contribution in [0.3, 0.4) is 0 Å². The van der Waals surface area contributed by atoms with Crippen LogP contribution in [-0.2, 0) is 6.42 Å². The van der Waals surface area contributed by atoms with Crippen LogP contribution in [-0.4, -0.2) is 13.1 Å². The zero-order valence-corrected chi connectivity index (χ0v) is 12.3. The molecule has 0 heterocycles. The Morgan fingerprint density at radius 3 is 2.33 bits per heavy atom. The van der Waals surface area contributed by atoms with Crippen molar-refractivity contribution in [1.82, 2.24) is 5.32 Å². The molecule has 0 amide bonds. The second kappa shape index (κ2) is 8.10. The molecule has 0 aliphatic carbocycles. The highest BCUT2D eigenvalue weighted by atomic mass is 14.8. The Hall–Kier alpha value is -1.08. The van der Waals surface area contributed by atoms with E-state index in [1.54, 1.807) is 0 Å². The van der Waals surface area contributed by atoms with Gasteiger partial charge in [0.15, 0.2) is 0 Å². The number of aryl methyl sites for hydroxylation is 1. The third-order valence-corrected chi connectivity index (χ3v) is 3.24. The molecular weight excluding hydrogens is 218 g/mol. The summed E-state index contributed by atoms with van der Waals surface area (Å²) in [6.07, 6.45) is 4.63. The van der Waals surface area contributed by atoms with E-state index in [-0.39, 0.29) is 0 Å². The smallest absolute Gasteiger partial charge is 0.0170 e. The minimum Gasteiger partial charge on any atom is -0.313 e. The molecule has 1 N–H and O–H groups in total. The second-order valence-electron chi connectivity index (χ2n) is 5.15. The summed E-state index contributed by atoms with van der Waals surface area (Å²) >= 11 is 0. The van der Waals surface area contributed by atoms with Gasteiger partial charge in [0.05, 0.1) is 0 Å². The first-order valence-electron chi connectivity index (χ1n) is 7.17. The summed E-state index contributed by atoms with van der Waals surface area (Å²) < 4.78 is 0. The first-order chi connectivity index (χ1) is 8.67. The molecule has 0 saturated heterocycles. The van der Waals surface area contributed by atoms with Crippen molar-refractivity contribution >= 4 is 6.08 Å². The summed E-state index contributed by atoms with van der Waals surface area (Å²) in [4.78, 5) is 0. The highest BCUT2D eigenvalue weighted by Gasteiger charge is 2.03. The zero-order chi connectivity index (χ0) is 13.4. The second-order valence-corrected chi connectivity index (χ2v) is 5.15. The van der Waals surface area contributed by atoms with Crippen LogP contribution in [0.5, 0.6) is 0 Å². The Morgan fingerprint density at radius 1 is 1.17 bits per heavy atom. The average Bonchev–Trinajstić information content (AvgIpc) is 2.38. The summed E-state index contributed by atoms with van der Waals surface area (Å²) in [6, 6.07) is 8.90. The third-order valence-electron chi connectivity index (χ3n) is 3.24. The van der Waals surface area contributed by atoms with Crippen LogP contribution in [0.1, 0.15) is 45.2 Å². The molecule has 18 heavy (non-hydrogen) atoms. The van der Waals surface area contributed by atoms with E-state index in [9.17, 15) is 0 Å². The third kappa shape index (κ3) is 5.05. The first-order valence-corrected chi connectivity index (χ1v) is 7.17. The van der Waals surface area contributed by atoms with Crippen molar-refractivity contribution in [3.8, 4) is 0 Å². The maximum Gasteiger partial charge on any atom is 0.0170 e. The molecule has 1 rings (SSSR count). The van der Waals surface area contributed by atoms with Gasteiger partial charge in [-0.1, -0.05) is 63.6 Å². The number of hydrogen-bond acceptors (Lipinski definition) is 1. The van der Waals surface area contributed by atoms with E-state index in [0.29, 0.717) is 5.92 Å². The highest BCUT2D eigenvalue weighted by Crippen LogP contribution is 2.15. The molecule has 0 spiro atoms. The van der Waals surface area contributed by atoms with Gasteiger partial charge in [-0.15, -0.1) is 0 Å². The van der Waals surface area contributed by atoms with Gasteiger partial charge in [0.1, 0.15) is 0 Å². The lowest BCUT2D eigenvalue weighted by atomic mass is 9.99. The van der Waals surface area contributed by atoms with E-state index in [0.717, 1.165) is 19.5 Å². The fourth-order valence-electron chi connectivity index (χ4n) is 1.89. The van der Waals surface area contributed by atoms with Crippen LogP contribution >= 0.6 is 0 Å². The van der Waals surface area contributed by atoms with Gasteiger partial charge in [0, 0.05) is 6.54 Å². The minimum absolute atomic E-state index is 0.597. The largest absolute Gasteiger partial charge is 0.313 e. The Balaban J connectivity index is 2.73. The van der Waals surface area contributed by atoms with Gasteiger partial charge in [-0.05, 0) is 36.4 Å². The molecular formula is C17H27N. The molecule has 100 valence electrons. The molecule has 0 aliphatic rings. The molecule has 0 atom stereocenters. The van der Waals surface area contributed by atoms with E-state index < -0.39 is 0 Å². The van der Waals surface area contributed by atoms with Crippen LogP contribution in [0.4, 0.5) is 0 Å². The first kappa shape index (κ1) is 15.0. The summed E-state index contributed by atoms with van der Waals surface area (Å²) in [5.74, 6) is 0.597. The fraction of sp³-hybridized carbons (Fsp3) is 0.529. The Bertz CT molecular complexity index is 360. The van der Waals surface area contributed by atoms with Crippen molar-refractivity contribution in [2.45, 2.75) is 40.5 Å². The lowest BCUT2D eigenvalue weighted by molar-refractivity contribution is 0.657. The van der Waals surface area contributed by atoms with Gasteiger partial charge in [0.2, 0.25) is 0 Å². The summed E-state index contributed by atoms with van der Waals surface area (Å²) in [5, 5.41) is 3.49. The molecule has 0 bridgehead atoms. The average molecular weight is 245 g/mol. The van der Waals surface area contributed by atoms with Crippen molar-refractivity contribution < 1.29 is 0 Å². The number of benzene rings is 1. The van der Waals surface area contributed by atoms with Crippen LogP contribution in [0.25, 0.3) is 6.08 Å². The fourth-order valence-corrected chi connectivity index (χ4v) is 1.89. The summed E-state index contributed by atoms with van der Waals surface area (Å²) in [6.45, 7) is 11.0. The molecule has 0 aromatic heterocycles. The van der Waals surface area contributed by atoms with Gasteiger partial charge in [-0.3, -0.25) is 0 Å². The number of hydrogen-bond donors (Lipinski definition) is 1. The summed E-state index contributed by atoms with van der Waals surface area (Å²) in [7, 11) is 0.